The van der Waals surface area contributed by atoms with Crippen molar-refractivity contribution in [3.63, 3.8) is 0 Å². The van der Waals surface area contributed by atoms with Gasteiger partial charge in [0.1, 0.15) is 0 Å². The molecule has 0 radical (unpaired) electrons. The molecular formula is Li5O7PSi. The Morgan fingerprint density at radius 1 is 0.786 bits per heavy atom. The maximum atomic E-state index is 8.55. The second-order valence-electron chi connectivity index (χ2n) is 0.697. The predicted octanol–water partition coefficient (Wildman–Crippen LogP) is -20.7. The first-order valence-electron chi connectivity index (χ1n) is 1.34. The van der Waals surface area contributed by atoms with E-state index in [0.29, 0.717) is 0 Å². The summed E-state index contributed by atoms with van der Waals surface area (Å²) in [6.07, 6.45) is 0. The van der Waals surface area contributed by atoms with Crippen molar-refractivity contribution in [1.82, 2.24) is 0 Å². The zero-order valence-corrected chi connectivity index (χ0v) is 10.7. The maximum absolute atomic E-state index is 8.55. The molecule has 14 heavy (non-hydrogen) atoms. The van der Waals surface area contributed by atoms with Gasteiger partial charge in [-0.05, 0) is 0 Å². The van der Waals surface area contributed by atoms with E-state index < -0.39 is 17.0 Å². The van der Waals surface area contributed by atoms with Crippen LogP contribution >= 0.6 is 7.82 Å². The molecule has 0 aliphatic rings. The molecule has 0 unspecified atom stereocenters. The molecule has 0 aromatic rings. The monoisotopic (exact) mass is 206 g/mol. The van der Waals surface area contributed by atoms with E-state index in [4.69, 9.17) is 33.3 Å². The van der Waals surface area contributed by atoms with Gasteiger partial charge in [0.25, 0.3) is 0 Å². The fourth-order valence-corrected chi connectivity index (χ4v) is 0. The molecule has 0 amide bonds. The van der Waals surface area contributed by atoms with E-state index in [0.717, 1.165) is 0 Å². The molecule has 0 spiro atoms. The molecule has 0 rings (SSSR count). The molecule has 0 saturated carbocycles. The van der Waals surface area contributed by atoms with Crippen LogP contribution in [0.3, 0.4) is 0 Å². The largest absolute Gasteiger partial charge is 1.00 e. The van der Waals surface area contributed by atoms with E-state index >= 15 is 0 Å². The second-order valence-corrected chi connectivity index (χ2v) is 2.09. The molecule has 0 fully saturated rings. The molecular weight excluding hydrogens is 206 g/mol. The fraction of sp³-hybridized carbons (Fsp3) is 0. The van der Waals surface area contributed by atoms with E-state index in [-0.39, 0.29) is 94.3 Å². The van der Waals surface area contributed by atoms with Gasteiger partial charge in [0.05, 0.1) is 0 Å². The average molecular weight is 206 g/mol. The van der Waals surface area contributed by atoms with Crippen LogP contribution in [-0.4, -0.2) is 9.17 Å². The number of phosphoric acid groups is 1. The van der Waals surface area contributed by atoms with Crippen LogP contribution in [0.25, 0.3) is 0 Å². The van der Waals surface area contributed by atoms with Gasteiger partial charge in [0.15, 0.2) is 0 Å². The smallest absolute Gasteiger partial charge is 0.822 e. The van der Waals surface area contributed by atoms with Crippen molar-refractivity contribution in [2.75, 3.05) is 0 Å². The Bertz CT molecular complexity index is 122. The van der Waals surface area contributed by atoms with Crippen LogP contribution in [-0.2, 0) is 9.03 Å². The Labute approximate surface area is 143 Å². The van der Waals surface area contributed by atoms with Crippen molar-refractivity contribution in [2.24, 2.45) is 0 Å². The minimum atomic E-state index is -5.39. The molecule has 0 N–H and O–H groups in total. The third-order valence-corrected chi connectivity index (χ3v) is 0. The molecule has 7 nitrogen and oxygen atoms in total. The van der Waals surface area contributed by atoms with Crippen LogP contribution in [0.5, 0.6) is 0 Å². The minimum Gasteiger partial charge on any atom is -0.822 e. The van der Waals surface area contributed by atoms with Gasteiger partial charge in [0, 0.05) is 9.17 Å². The molecule has 0 aromatic heterocycles. The Kier molecular flexibility index (Phi) is 77.5. The fourth-order valence-electron chi connectivity index (χ4n) is 0. The summed E-state index contributed by atoms with van der Waals surface area (Å²) >= 11 is 0. The third kappa shape index (κ3) is 376. The summed E-state index contributed by atoms with van der Waals surface area (Å²) in [4.78, 5) is 42.7. The van der Waals surface area contributed by atoms with E-state index in [9.17, 15) is 0 Å². The van der Waals surface area contributed by atoms with E-state index in [1.807, 2.05) is 0 Å². The van der Waals surface area contributed by atoms with Crippen molar-refractivity contribution < 1.29 is 128 Å². The standard InChI is InChI=1S/5Li.H3O4P.O3Si/c;;;;;1-5(2,3)4;1-4(2)3/h;;;;;(H3,1,2,3,4);/q5*+1;;-2/p-3. The van der Waals surface area contributed by atoms with Gasteiger partial charge in [-0.25, -0.2) is 0 Å². The second kappa shape index (κ2) is 24.8. The summed E-state index contributed by atoms with van der Waals surface area (Å²) in [7, 11) is -9.02. The summed E-state index contributed by atoms with van der Waals surface area (Å²) in [6, 6.07) is 0. The maximum Gasteiger partial charge on any atom is 1.00 e. The van der Waals surface area contributed by atoms with Crippen LogP contribution in [0.4, 0.5) is 0 Å². The Balaban J connectivity index is -0.0000000104. The van der Waals surface area contributed by atoms with Gasteiger partial charge in [-0.2, -0.15) is 7.82 Å². The van der Waals surface area contributed by atoms with Gasteiger partial charge in [0.2, 0.25) is 0 Å². The zero-order chi connectivity index (χ0) is 8.08. The summed E-state index contributed by atoms with van der Waals surface area (Å²) in [5.74, 6) is 0. The Morgan fingerprint density at radius 2 is 0.786 bits per heavy atom. The molecule has 0 aliphatic carbocycles. The molecule has 0 bridgehead atoms. The molecule has 14 heteroatoms. The molecule has 0 atom stereocenters. The molecule has 0 aromatic carbocycles. The molecule has 0 aliphatic heterocycles. The van der Waals surface area contributed by atoms with Crippen LogP contribution in [0.15, 0.2) is 0 Å². The SMILES string of the molecule is O=P([O-])([O-])[O-].O=[Si]([O-])[O-].[Li+].[Li+].[Li+].[Li+].[Li+]. The summed E-state index contributed by atoms with van der Waals surface area (Å²) in [6.45, 7) is 0. The van der Waals surface area contributed by atoms with Crippen molar-refractivity contribution in [3.05, 3.63) is 0 Å². The Hall–Kier alpha value is 2.71. The average Bonchev–Trinajstić information content (AvgIpc) is 1.19. The first-order valence-corrected chi connectivity index (χ1v) is 4.03. The minimum absolute atomic E-state index is 0. The van der Waals surface area contributed by atoms with Gasteiger partial charge in [-0.3, -0.25) is 0 Å². The quantitative estimate of drug-likeness (QED) is 0.281. The third-order valence-electron chi connectivity index (χ3n) is 0. The van der Waals surface area contributed by atoms with Crippen LogP contribution in [0.1, 0.15) is 0 Å². The van der Waals surface area contributed by atoms with Crippen molar-refractivity contribution in [1.29, 1.82) is 0 Å². The normalized spacial score (nSPS) is 5.93. The van der Waals surface area contributed by atoms with E-state index in [1.165, 1.54) is 0 Å². The van der Waals surface area contributed by atoms with Crippen molar-refractivity contribution >= 4 is 17.0 Å². The van der Waals surface area contributed by atoms with Crippen molar-refractivity contribution in [2.45, 2.75) is 0 Å². The van der Waals surface area contributed by atoms with Gasteiger partial charge in [-0.1, -0.05) is 0 Å². The predicted molar refractivity (Wildman–Crippen MR) is 14.0 cm³/mol. The summed E-state index contributed by atoms with van der Waals surface area (Å²) in [5.41, 5.74) is 0. The van der Waals surface area contributed by atoms with Crippen molar-refractivity contribution in [3.8, 4) is 0 Å². The Morgan fingerprint density at radius 3 is 0.786 bits per heavy atom. The number of hydrogen-bond acceptors (Lipinski definition) is 7. The first kappa shape index (κ1) is 43.7. The van der Waals surface area contributed by atoms with E-state index in [2.05, 4.69) is 0 Å². The molecule has 0 saturated heterocycles. The van der Waals surface area contributed by atoms with Crippen LogP contribution in [0.2, 0.25) is 0 Å². The van der Waals surface area contributed by atoms with Gasteiger partial charge in [-0.15, -0.1) is 0 Å². The topological polar surface area (TPSA) is 149 Å². The van der Waals surface area contributed by atoms with Gasteiger partial charge >= 0.3 is 94.3 Å². The molecule has 56 valence electrons. The summed E-state index contributed by atoms with van der Waals surface area (Å²) < 4.78 is 17.1. The molecule has 0 heterocycles. The van der Waals surface area contributed by atoms with Crippen LogP contribution < -0.4 is 119 Å². The zero-order valence-electron chi connectivity index (χ0n) is 8.80. The first-order chi connectivity index (χ1) is 3.73. The van der Waals surface area contributed by atoms with Gasteiger partial charge < -0.3 is 33.3 Å². The van der Waals surface area contributed by atoms with E-state index in [1.54, 1.807) is 0 Å². The number of hydrogen-bond donors (Lipinski definition) is 0. The van der Waals surface area contributed by atoms with Crippen LogP contribution in [0, 0.1) is 0 Å². The summed E-state index contributed by atoms with van der Waals surface area (Å²) in [5, 5.41) is 0. The number of rotatable bonds is 0.